The van der Waals surface area contributed by atoms with Gasteiger partial charge in [-0.25, -0.2) is 4.68 Å². The van der Waals surface area contributed by atoms with Gasteiger partial charge >= 0.3 is 0 Å². The topological polar surface area (TPSA) is 105 Å². The van der Waals surface area contributed by atoms with Gasteiger partial charge in [-0.15, -0.1) is 0 Å². The van der Waals surface area contributed by atoms with Crippen molar-refractivity contribution in [2.24, 2.45) is 0 Å². The van der Waals surface area contributed by atoms with E-state index in [2.05, 4.69) is 0 Å². The van der Waals surface area contributed by atoms with Crippen LogP contribution in [-0.2, 0) is 16.1 Å². The predicted octanol–water partition coefficient (Wildman–Crippen LogP) is 5.67. The Hall–Kier alpha value is -5.42. The molecule has 184 valence electrons. The zero-order valence-electron chi connectivity index (χ0n) is 20.3. The minimum absolute atomic E-state index is 0.0832. The molecule has 0 spiro atoms. The van der Waals surface area contributed by atoms with Crippen molar-refractivity contribution in [3.8, 4) is 23.2 Å². The molecule has 0 atom stereocenters. The average molecular weight is 501 g/mol. The number of carbonyl (C=O) groups excluding carboxylic acids is 2. The fraction of sp³-hybridized carbons (Fsp3) is 0.0667. The quantitative estimate of drug-likeness (QED) is 0.227. The van der Waals surface area contributed by atoms with Crippen LogP contribution in [0.15, 0.2) is 111 Å². The number of carbonyl (C=O) groups is 2. The number of rotatable bonds is 5. The first kappa shape index (κ1) is 23.0. The molecule has 1 aliphatic heterocycles. The summed E-state index contributed by atoms with van der Waals surface area (Å²) in [6.07, 6.45) is 4.92. The summed E-state index contributed by atoms with van der Waals surface area (Å²) in [6, 6.07) is 24.4. The predicted molar refractivity (Wildman–Crippen MR) is 139 cm³/mol. The van der Waals surface area contributed by atoms with Crippen LogP contribution < -0.4 is 0 Å². The number of nitrogens with zero attached hydrogens (tertiary/aromatic N) is 4. The number of imide groups is 1. The summed E-state index contributed by atoms with van der Waals surface area (Å²) in [6.45, 7) is 1.52. The monoisotopic (exact) mass is 500 g/mol. The Morgan fingerprint density at radius 3 is 2.53 bits per heavy atom. The van der Waals surface area contributed by atoms with Crippen LogP contribution in [0.3, 0.4) is 0 Å². The van der Waals surface area contributed by atoms with Gasteiger partial charge in [0.2, 0.25) is 0 Å². The highest BCUT2D eigenvalue weighted by atomic mass is 16.3. The second kappa shape index (κ2) is 9.22. The number of benzene rings is 2. The number of para-hydroxylation sites is 2. The van der Waals surface area contributed by atoms with Gasteiger partial charge in [0, 0.05) is 22.7 Å². The minimum atomic E-state index is -0.652. The van der Waals surface area contributed by atoms with Crippen LogP contribution in [0.5, 0.6) is 0 Å². The van der Waals surface area contributed by atoms with Gasteiger partial charge < -0.3 is 8.83 Å². The van der Waals surface area contributed by atoms with Crippen molar-refractivity contribution in [2.45, 2.75) is 13.5 Å². The third-order valence-corrected chi connectivity index (χ3v) is 6.44. The van der Waals surface area contributed by atoms with Gasteiger partial charge in [-0.2, -0.15) is 10.4 Å². The molecule has 2 aromatic carbocycles. The van der Waals surface area contributed by atoms with Crippen LogP contribution in [0.1, 0.15) is 18.2 Å². The molecular formula is C30H20N4O4. The Balaban J connectivity index is 1.52. The van der Waals surface area contributed by atoms with E-state index in [1.54, 1.807) is 36.0 Å². The van der Waals surface area contributed by atoms with Crippen molar-refractivity contribution in [1.29, 1.82) is 5.26 Å². The van der Waals surface area contributed by atoms with Crippen LogP contribution in [0, 0.1) is 11.3 Å². The molecule has 0 N–H and O–H groups in total. The lowest BCUT2D eigenvalue weighted by atomic mass is 9.93. The highest BCUT2D eigenvalue weighted by Gasteiger charge is 2.36. The number of aromatic nitrogens is 2. The van der Waals surface area contributed by atoms with Crippen LogP contribution in [0.4, 0.5) is 0 Å². The molecule has 38 heavy (non-hydrogen) atoms. The largest absolute Gasteiger partial charge is 0.467 e. The van der Waals surface area contributed by atoms with Crippen molar-refractivity contribution < 1.29 is 18.4 Å². The summed E-state index contributed by atoms with van der Waals surface area (Å²) in [7, 11) is 0. The van der Waals surface area contributed by atoms with Gasteiger partial charge in [0.15, 0.2) is 5.76 Å². The molecule has 3 aromatic heterocycles. The molecule has 0 unspecified atom stereocenters. The van der Waals surface area contributed by atoms with Crippen molar-refractivity contribution in [2.75, 3.05) is 0 Å². The molecule has 8 heteroatoms. The molecule has 2 amide bonds. The highest BCUT2D eigenvalue weighted by Crippen LogP contribution is 2.34. The zero-order chi connectivity index (χ0) is 26.2. The maximum Gasteiger partial charge on any atom is 0.272 e. The number of amides is 2. The highest BCUT2D eigenvalue weighted by molar-refractivity contribution is 6.19. The molecule has 4 heterocycles. The summed E-state index contributed by atoms with van der Waals surface area (Å²) in [5, 5.41) is 15.5. The maximum absolute atomic E-state index is 13.6. The van der Waals surface area contributed by atoms with Crippen LogP contribution >= 0.6 is 0 Å². The SMILES string of the molecule is CC1=C(C#N)C(=O)N(Cc2ccco2)C(=O)/C1=C/c1cn(-c2ccccc2)nc1-c1cc2ccccc2o1. The molecule has 0 fully saturated rings. The molecule has 1 aliphatic rings. The summed E-state index contributed by atoms with van der Waals surface area (Å²) < 4.78 is 13.2. The molecule has 0 aliphatic carbocycles. The first-order chi connectivity index (χ1) is 18.5. The van der Waals surface area contributed by atoms with E-state index in [0.29, 0.717) is 33.9 Å². The van der Waals surface area contributed by atoms with Crippen LogP contribution in [0.25, 0.3) is 34.2 Å². The first-order valence-corrected chi connectivity index (χ1v) is 11.9. The first-order valence-electron chi connectivity index (χ1n) is 11.9. The van der Waals surface area contributed by atoms with Gasteiger partial charge in [-0.3, -0.25) is 14.5 Å². The van der Waals surface area contributed by atoms with E-state index in [-0.39, 0.29) is 17.7 Å². The van der Waals surface area contributed by atoms with E-state index in [1.165, 1.54) is 6.26 Å². The summed E-state index contributed by atoms with van der Waals surface area (Å²) >= 11 is 0. The van der Waals surface area contributed by atoms with Crippen molar-refractivity contribution >= 4 is 28.9 Å². The average Bonchev–Trinajstić information content (AvgIpc) is 3.69. The summed E-state index contributed by atoms with van der Waals surface area (Å²) in [5.41, 5.74) is 3.08. The van der Waals surface area contributed by atoms with Gasteiger partial charge in [0.05, 0.1) is 18.5 Å². The van der Waals surface area contributed by atoms with Crippen LogP contribution in [-0.4, -0.2) is 26.5 Å². The smallest absolute Gasteiger partial charge is 0.272 e. The number of furan rings is 2. The van der Waals surface area contributed by atoms with E-state index in [4.69, 9.17) is 13.9 Å². The Morgan fingerprint density at radius 2 is 1.79 bits per heavy atom. The lowest BCUT2D eigenvalue weighted by Crippen LogP contribution is -2.42. The van der Waals surface area contributed by atoms with Crippen LogP contribution in [0.2, 0.25) is 0 Å². The van der Waals surface area contributed by atoms with Gasteiger partial charge in [0.25, 0.3) is 11.8 Å². The van der Waals surface area contributed by atoms with Gasteiger partial charge in [0.1, 0.15) is 28.7 Å². The van der Waals surface area contributed by atoms with Gasteiger partial charge in [-0.05, 0) is 55.0 Å². The molecule has 6 rings (SSSR count). The third kappa shape index (κ3) is 3.92. The second-order valence-corrected chi connectivity index (χ2v) is 8.81. The number of nitriles is 1. The van der Waals surface area contributed by atoms with Gasteiger partial charge in [-0.1, -0.05) is 36.4 Å². The second-order valence-electron chi connectivity index (χ2n) is 8.81. The van der Waals surface area contributed by atoms with E-state index in [9.17, 15) is 14.9 Å². The van der Waals surface area contributed by atoms with Crippen molar-refractivity contribution in [3.63, 3.8) is 0 Å². The third-order valence-electron chi connectivity index (χ3n) is 6.44. The maximum atomic E-state index is 13.6. The Kier molecular flexibility index (Phi) is 5.59. The molecule has 0 bridgehead atoms. The molecular weight excluding hydrogens is 480 g/mol. The molecule has 5 aromatic rings. The Bertz CT molecular complexity index is 1760. The standard InChI is InChI=1S/C30H20N4O4/c1-19-24(29(35)33(30(36)25(19)16-31)18-23-11-7-13-37-23)14-21-17-34(22-9-3-2-4-10-22)32-28(21)27-15-20-8-5-6-12-26(20)38-27/h2-15,17H,18H2,1H3/b24-14+. The zero-order valence-corrected chi connectivity index (χ0v) is 20.3. The van der Waals surface area contributed by atoms with E-state index >= 15 is 0 Å². The fourth-order valence-electron chi connectivity index (χ4n) is 4.48. The molecule has 0 saturated carbocycles. The lowest BCUT2D eigenvalue weighted by molar-refractivity contribution is -0.141. The number of hydrogen-bond acceptors (Lipinski definition) is 6. The molecule has 0 saturated heterocycles. The van der Waals surface area contributed by atoms with E-state index in [0.717, 1.165) is 16.0 Å². The minimum Gasteiger partial charge on any atom is -0.467 e. The van der Waals surface area contributed by atoms with E-state index < -0.39 is 11.8 Å². The number of fused-ring (bicyclic) bond motifs is 1. The van der Waals surface area contributed by atoms with Crippen molar-refractivity contribution in [1.82, 2.24) is 14.7 Å². The fourth-order valence-corrected chi connectivity index (χ4v) is 4.48. The summed E-state index contributed by atoms with van der Waals surface area (Å²) in [5.74, 6) is -0.212. The van der Waals surface area contributed by atoms with E-state index in [1.807, 2.05) is 66.7 Å². The Morgan fingerprint density at radius 1 is 1.00 bits per heavy atom. The number of hydrogen-bond donors (Lipinski definition) is 0. The molecule has 8 nitrogen and oxygen atoms in total. The molecule has 0 radical (unpaired) electrons. The summed E-state index contributed by atoms with van der Waals surface area (Å²) in [4.78, 5) is 27.6. The van der Waals surface area contributed by atoms with Crippen molar-refractivity contribution in [3.05, 3.63) is 113 Å². The Labute approximate surface area is 217 Å². The normalized spacial score (nSPS) is 15.1. The lowest BCUT2D eigenvalue weighted by Gasteiger charge is -2.26.